The largest absolute Gasteiger partial charge is 0.486 e. The fourth-order valence-corrected chi connectivity index (χ4v) is 1.85. The first-order chi connectivity index (χ1) is 8.66. The number of benzene rings is 2. The van der Waals surface area contributed by atoms with E-state index in [9.17, 15) is 0 Å². The minimum Gasteiger partial charge on any atom is -0.486 e. The molecule has 94 valence electrons. The summed E-state index contributed by atoms with van der Waals surface area (Å²) in [4.78, 5) is 0. The molecule has 0 saturated carbocycles. The van der Waals surface area contributed by atoms with Crippen molar-refractivity contribution < 1.29 is 4.74 Å². The van der Waals surface area contributed by atoms with Crippen LogP contribution < -0.4 is 10.5 Å². The van der Waals surface area contributed by atoms with E-state index in [2.05, 4.69) is 19.1 Å². The van der Waals surface area contributed by atoms with Gasteiger partial charge in [0.15, 0.2) is 0 Å². The first-order valence-electron chi connectivity index (χ1n) is 6.24. The van der Waals surface area contributed by atoms with Crippen molar-refractivity contribution in [2.24, 2.45) is 5.73 Å². The number of ether oxygens (including phenoxy) is 1. The molecule has 0 unspecified atom stereocenters. The third kappa shape index (κ3) is 3.11. The van der Waals surface area contributed by atoms with Crippen LogP contribution in [0.3, 0.4) is 0 Å². The Morgan fingerprint density at radius 1 is 0.833 bits per heavy atom. The quantitative estimate of drug-likeness (QED) is 0.882. The highest BCUT2D eigenvalue weighted by atomic mass is 16.5. The second kappa shape index (κ2) is 5.69. The lowest BCUT2D eigenvalue weighted by atomic mass is 10.1. The van der Waals surface area contributed by atoms with Gasteiger partial charge in [-0.1, -0.05) is 42.5 Å². The molecule has 2 aromatic rings. The molecular weight excluding hydrogens is 222 g/mol. The predicted octanol–water partition coefficient (Wildman–Crippen LogP) is 3.85. The number of hydrogen-bond acceptors (Lipinski definition) is 2. The molecule has 0 amide bonds. The molecule has 0 spiro atoms. The molecule has 0 radical (unpaired) electrons. The van der Waals surface area contributed by atoms with Crippen molar-refractivity contribution in [1.29, 1.82) is 0 Å². The van der Waals surface area contributed by atoms with Crippen molar-refractivity contribution in [1.82, 2.24) is 0 Å². The van der Waals surface area contributed by atoms with Gasteiger partial charge in [0.2, 0.25) is 0 Å². The molecule has 2 heteroatoms. The van der Waals surface area contributed by atoms with E-state index in [0.717, 1.165) is 11.3 Å². The molecule has 0 bridgehead atoms. The van der Waals surface area contributed by atoms with E-state index in [1.54, 1.807) is 0 Å². The Bertz CT molecular complexity index is 476. The summed E-state index contributed by atoms with van der Waals surface area (Å²) in [5.41, 5.74) is 8.11. The lowest BCUT2D eigenvalue weighted by Crippen LogP contribution is -2.05. The monoisotopic (exact) mass is 241 g/mol. The fraction of sp³-hybridized carbons (Fsp3) is 0.250. The van der Waals surface area contributed by atoms with Gasteiger partial charge in [0.1, 0.15) is 11.9 Å². The zero-order valence-electron chi connectivity index (χ0n) is 10.8. The lowest BCUT2D eigenvalue weighted by Gasteiger charge is -2.15. The summed E-state index contributed by atoms with van der Waals surface area (Å²) in [6.45, 7) is 4.03. The summed E-state index contributed by atoms with van der Waals surface area (Å²) in [5.74, 6) is 0.871. The highest BCUT2D eigenvalue weighted by Gasteiger charge is 2.06. The summed E-state index contributed by atoms with van der Waals surface area (Å²) in [6, 6.07) is 18.2. The molecule has 0 aromatic heterocycles. The smallest absolute Gasteiger partial charge is 0.121 e. The van der Waals surface area contributed by atoms with Crippen LogP contribution in [-0.4, -0.2) is 0 Å². The Labute approximate surface area is 108 Å². The maximum absolute atomic E-state index is 5.89. The zero-order chi connectivity index (χ0) is 13.0. The maximum atomic E-state index is 5.89. The Balaban J connectivity index is 2.05. The van der Waals surface area contributed by atoms with E-state index in [1.807, 2.05) is 49.4 Å². The van der Waals surface area contributed by atoms with Crippen LogP contribution in [0.1, 0.15) is 37.1 Å². The van der Waals surface area contributed by atoms with Crippen molar-refractivity contribution in [2.75, 3.05) is 0 Å². The van der Waals surface area contributed by atoms with E-state index in [1.165, 1.54) is 5.56 Å². The van der Waals surface area contributed by atoms with Gasteiger partial charge in [0.25, 0.3) is 0 Å². The maximum Gasteiger partial charge on any atom is 0.121 e. The molecule has 0 aliphatic rings. The standard InChI is InChI=1S/C16H19NO/c1-12(17)14-8-10-16(11-9-14)18-13(2)15-6-4-3-5-7-15/h3-13H,17H2,1-2H3/t12-,13-/m1/s1. The minimum atomic E-state index is 0.0485. The summed E-state index contributed by atoms with van der Waals surface area (Å²) < 4.78 is 5.89. The van der Waals surface area contributed by atoms with Crippen LogP contribution in [0.4, 0.5) is 0 Å². The summed E-state index contributed by atoms with van der Waals surface area (Å²) in [7, 11) is 0. The van der Waals surface area contributed by atoms with Gasteiger partial charge in [-0.3, -0.25) is 0 Å². The SMILES string of the molecule is C[C@@H](N)c1ccc(O[C@H](C)c2ccccc2)cc1. The molecule has 18 heavy (non-hydrogen) atoms. The molecule has 0 aliphatic carbocycles. The molecule has 0 aliphatic heterocycles. The average molecular weight is 241 g/mol. The first kappa shape index (κ1) is 12.7. The van der Waals surface area contributed by atoms with Gasteiger partial charge in [-0.2, -0.15) is 0 Å². The van der Waals surface area contributed by atoms with Crippen LogP contribution in [-0.2, 0) is 0 Å². The Morgan fingerprint density at radius 2 is 1.44 bits per heavy atom. The number of rotatable bonds is 4. The van der Waals surface area contributed by atoms with Crippen LogP contribution in [0.5, 0.6) is 5.75 Å². The fourth-order valence-electron chi connectivity index (χ4n) is 1.85. The van der Waals surface area contributed by atoms with Crippen molar-refractivity contribution in [3.8, 4) is 5.75 Å². The van der Waals surface area contributed by atoms with Crippen molar-refractivity contribution in [2.45, 2.75) is 26.0 Å². The van der Waals surface area contributed by atoms with Gasteiger partial charge in [0, 0.05) is 6.04 Å². The Morgan fingerprint density at radius 3 is 2.00 bits per heavy atom. The molecule has 0 saturated heterocycles. The second-order valence-corrected chi connectivity index (χ2v) is 4.53. The van der Waals surface area contributed by atoms with Crippen LogP contribution >= 0.6 is 0 Å². The van der Waals surface area contributed by atoms with Gasteiger partial charge in [-0.25, -0.2) is 0 Å². The lowest BCUT2D eigenvalue weighted by molar-refractivity contribution is 0.227. The molecule has 0 fully saturated rings. The average Bonchev–Trinajstić information content (AvgIpc) is 2.40. The highest BCUT2D eigenvalue weighted by molar-refractivity contribution is 5.29. The second-order valence-electron chi connectivity index (χ2n) is 4.53. The van der Waals surface area contributed by atoms with Gasteiger partial charge in [-0.15, -0.1) is 0 Å². The van der Waals surface area contributed by atoms with Gasteiger partial charge >= 0.3 is 0 Å². The third-order valence-corrected chi connectivity index (χ3v) is 2.99. The third-order valence-electron chi connectivity index (χ3n) is 2.99. The topological polar surface area (TPSA) is 35.2 Å². The van der Waals surface area contributed by atoms with Gasteiger partial charge < -0.3 is 10.5 Å². The van der Waals surface area contributed by atoms with Crippen molar-refractivity contribution in [3.05, 3.63) is 65.7 Å². The van der Waals surface area contributed by atoms with Crippen LogP contribution in [0.25, 0.3) is 0 Å². The normalized spacial score (nSPS) is 13.9. The summed E-state index contributed by atoms with van der Waals surface area (Å²) in [5, 5.41) is 0. The van der Waals surface area contributed by atoms with E-state index in [4.69, 9.17) is 10.5 Å². The van der Waals surface area contributed by atoms with E-state index < -0.39 is 0 Å². The molecule has 2 rings (SSSR count). The summed E-state index contributed by atoms with van der Waals surface area (Å²) >= 11 is 0. The molecule has 2 N–H and O–H groups in total. The minimum absolute atomic E-state index is 0.0485. The first-order valence-corrected chi connectivity index (χ1v) is 6.24. The van der Waals surface area contributed by atoms with Crippen LogP contribution in [0, 0.1) is 0 Å². The molecule has 2 nitrogen and oxygen atoms in total. The van der Waals surface area contributed by atoms with Crippen LogP contribution in [0.2, 0.25) is 0 Å². The van der Waals surface area contributed by atoms with Crippen molar-refractivity contribution >= 4 is 0 Å². The molecule has 2 atom stereocenters. The summed E-state index contributed by atoms with van der Waals surface area (Å²) in [6.07, 6.45) is 0.0485. The molecule has 2 aromatic carbocycles. The highest BCUT2D eigenvalue weighted by Crippen LogP contribution is 2.22. The Kier molecular flexibility index (Phi) is 4.00. The predicted molar refractivity (Wildman–Crippen MR) is 74.5 cm³/mol. The number of hydrogen-bond donors (Lipinski definition) is 1. The van der Waals surface area contributed by atoms with E-state index >= 15 is 0 Å². The van der Waals surface area contributed by atoms with Crippen LogP contribution in [0.15, 0.2) is 54.6 Å². The number of nitrogens with two attached hydrogens (primary N) is 1. The van der Waals surface area contributed by atoms with E-state index in [0.29, 0.717) is 0 Å². The zero-order valence-corrected chi connectivity index (χ0v) is 10.8. The Hall–Kier alpha value is -1.80. The van der Waals surface area contributed by atoms with Crippen molar-refractivity contribution in [3.63, 3.8) is 0 Å². The van der Waals surface area contributed by atoms with Gasteiger partial charge in [-0.05, 0) is 37.1 Å². The molecular formula is C16H19NO. The molecule has 0 heterocycles. The van der Waals surface area contributed by atoms with Gasteiger partial charge in [0.05, 0.1) is 0 Å². The van der Waals surface area contributed by atoms with E-state index in [-0.39, 0.29) is 12.1 Å².